The standard InChI is InChI=1S/C8H14N2/c1-4-8(2)10-7-5-6-9-3/h4-5,7-8,10H,1,3,6H2,2H3/b7-5-. The van der Waals surface area contributed by atoms with E-state index in [4.69, 9.17) is 0 Å². The van der Waals surface area contributed by atoms with E-state index in [2.05, 4.69) is 23.6 Å². The van der Waals surface area contributed by atoms with Crippen molar-refractivity contribution in [1.29, 1.82) is 0 Å². The van der Waals surface area contributed by atoms with E-state index < -0.39 is 0 Å². The van der Waals surface area contributed by atoms with Crippen LogP contribution in [0, 0.1) is 0 Å². The topological polar surface area (TPSA) is 24.4 Å². The zero-order valence-electron chi connectivity index (χ0n) is 6.38. The Morgan fingerprint density at radius 3 is 2.90 bits per heavy atom. The summed E-state index contributed by atoms with van der Waals surface area (Å²) in [6, 6.07) is 0.320. The third-order valence-corrected chi connectivity index (χ3v) is 1.07. The monoisotopic (exact) mass is 138 g/mol. The first-order valence-corrected chi connectivity index (χ1v) is 3.27. The summed E-state index contributed by atoms with van der Waals surface area (Å²) < 4.78 is 0. The maximum absolute atomic E-state index is 3.66. The van der Waals surface area contributed by atoms with Crippen molar-refractivity contribution in [3.63, 3.8) is 0 Å². The Bertz CT molecular complexity index is 127. The van der Waals surface area contributed by atoms with Gasteiger partial charge in [-0.15, -0.1) is 6.58 Å². The van der Waals surface area contributed by atoms with Gasteiger partial charge in [-0.1, -0.05) is 6.08 Å². The molecule has 0 aliphatic heterocycles. The van der Waals surface area contributed by atoms with Crippen LogP contribution in [0.4, 0.5) is 0 Å². The maximum Gasteiger partial charge on any atom is 0.0579 e. The fraction of sp³-hybridized carbons (Fsp3) is 0.375. The van der Waals surface area contributed by atoms with Crippen LogP contribution in [0.1, 0.15) is 6.92 Å². The Morgan fingerprint density at radius 1 is 1.70 bits per heavy atom. The predicted molar refractivity (Wildman–Crippen MR) is 46.4 cm³/mol. The second kappa shape index (κ2) is 6.08. The van der Waals surface area contributed by atoms with Crippen LogP contribution >= 0.6 is 0 Å². The first-order valence-electron chi connectivity index (χ1n) is 3.27. The summed E-state index contributed by atoms with van der Waals surface area (Å²) >= 11 is 0. The average molecular weight is 138 g/mol. The minimum Gasteiger partial charge on any atom is -0.385 e. The third kappa shape index (κ3) is 5.09. The molecule has 1 atom stereocenters. The SMILES string of the molecule is C=CC(C)N/C=C\CN=C. The van der Waals surface area contributed by atoms with Crippen LogP contribution in [0.2, 0.25) is 0 Å². The molecule has 0 spiro atoms. The normalized spacial score (nSPS) is 12.9. The highest BCUT2D eigenvalue weighted by Crippen LogP contribution is 1.80. The van der Waals surface area contributed by atoms with Crippen molar-refractivity contribution in [2.75, 3.05) is 6.54 Å². The number of hydrogen-bond donors (Lipinski definition) is 1. The van der Waals surface area contributed by atoms with E-state index in [1.54, 1.807) is 0 Å². The summed E-state index contributed by atoms with van der Waals surface area (Å²) in [5.74, 6) is 0. The van der Waals surface area contributed by atoms with E-state index in [1.165, 1.54) is 0 Å². The number of hydrogen-bond acceptors (Lipinski definition) is 2. The Kier molecular flexibility index (Phi) is 5.44. The number of nitrogens with one attached hydrogen (secondary N) is 1. The van der Waals surface area contributed by atoms with Gasteiger partial charge in [-0.05, 0) is 25.9 Å². The molecule has 0 radical (unpaired) electrons. The molecule has 10 heavy (non-hydrogen) atoms. The van der Waals surface area contributed by atoms with Gasteiger partial charge in [0, 0.05) is 6.04 Å². The summed E-state index contributed by atoms with van der Waals surface area (Å²) in [6.07, 6.45) is 5.61. The van der Waals surface area contributed by atoms with Gasteiger partial charge in [0.2, 0.25) is 0 Å². The highest BCUT2D eigenvalue weighted by molar-refractivity contribution is 5.23. The summed E-state index contributed by atoms with van der Waals surface area (Å²) in [7, 11) is 0. The van der Waals surface area contributed by atoms with Crippen LogP contribution < -0.4 is 5.32 Å². The lowest BCUT2D eigenvalue weighted by atomic mass is 10.3. The Morgan fingerprint density at radius 2 is 2.40 bits per heavy atom. The fourth-order valence-electron chi connectivity index (χ4n) is 0.415. The number of aliphatic imine (C=N–C) groups is 1. The molecular weight excluding hydrogens is 124 g/mol. The molecule has 56 valence electrons. The van der Waals surface area contributed by atoms with Gasteiger partial charge in [-0.3, -0.25) is 4.99 Å². The predicted octanol–water partition coefficient (Wildman–Crippen LogP) is 1.36. The minimum atomic E-state index is 0.320. The molecule has 0 aliphatic carbocycles. The number of rotatable bonds is 5. The van der Waals surface area contributed by atoms with Crippen LogP contribution in [0.15, 0.2) is 29.9 Å². The molecule has 0 aliphatic rings. The first kappa shape index (κ1) is 8.95. The molecule has 2 nitrogen and oxygen atoms in total. The molecular formula is C8H14N2. The van der Waals surface area contributed by atoms with E-state index in [0.29, 0.717) is 12.6 Å². The molecule has 1 unspecified atom stereocenters. The zero-order valence-corrected chi connectivity index (χ0v) is 6.38. The zero-order chi connectivity index (χ0) is 7.82. The summed E-state index contributed by atoms with van der Waals surface area (Å²) in [4.78, 5) is 3.66. The second-order valence-electron chi connectivity index (χ2n) is 2.00. The van der Waals surface area contributed by atoms with E-state index in [0.717, 1.165) is 0 Å². The van der Waals surface area contributed by atoms with E-state index in [-0.39, 0.29) is 0 Å². The molecule has 0 aromatic heterocycles. The molecule has 0 saturated heterocycles. The Labute approximate surface area is 62.4 Å². The molecule has 0 aromatic carbocycles. The van der Waals surface area contributed by atoms with Crippen LogP contribution in [-0.4, -0.2) is 19.3 Å². The van der Waals surface area contributed by atoms with Crippen molar-refractivity contribution >= 4 is 6.72 Å². The van der Waals surface area contributed by atoms with Crippen molar-refractivity contribution in [2.45, 2.75) is 13.0 Å². The van der Waals surface area contributed by atoms with Crippen molar-refractivity contribution in [1.82, 2.24) is 5.32 Å². The van der Waals surface area contributed by atoms with Crippen LogP contribution in [-0.2, 0) is 0 Å². The molecule has 0 amide bonds. The fourth-order valence-corrected chi connectivity index (χ4v) is 0.415. The molecule has 0 rings (SSSR count). The van der Waals surface area contributed by atoms with Crippen molar-refractivity contribution in [3.05, 3.63) is 24.9 Å². The minimum absolute atomic E-state index is 0.320. The van der Waals surface area contributed by atoms with Crippen LogP contribution in [0.5, 0.6) is 0 Å². The smallest absolute Gasteiger partial charge is 0.0579 e. The van der Waals surface area contributed by atoms with Gasteiger partial charge < -0.3 is 5.32 Å². The molecule has 0 bridgehead atoms. The van der Waals surface area contributed by atoms with Gasteiger partial charge in [-0.2, -0.15) is 0 Å². The second-order valence-corrected chi connectivity index (χ2v) is 2.00. The molecule has 0 saturated carbocycles. The summed E-state index contributed by atoms with van der Waals surface area (Å²) in [5.41, 5.74) is 0. The molecule has 0 aromatic rings. The van der Waals surface area contributed by atoms with Gasteiger partial charge in [-0.25, -0.2) is 0 Å². The van der Waals surface area contributed by atoms with Crippen LogP contribution in [0.25, 0.3) is 0 Å². The quantitative estimate of drug-likeness (QED) is 0.450. The Hall–Kier alpha value is -1.05. The third-order valence-electron chi connectivity index (χ3n) is 1.07. The first-order chi connectivity index (χ1) is 4.81. The molecule has 1 N–H and O–H groups in total. The molecule has 2 heteroatoms. The van der Waals surface area contributed by atoms with E-state index in [1.807, 2.05) is 25.3 Å². The lowest BCUT2D eigenvalue weighted by molar-refractivity contribution is 0.769. The lowest BCUT2D eigenvalue weighted by Gasteiger charge is -2.03. The van der Waals surface area contributed by atoms with E-state index >= 15 is 0 Å². The largest absolute Gasteiger partial charge is 0.385 e. The van der Waals surface area contributed by atoms with Gasteiger partial charge in [0.05, 0.1) is 6.54 Å². The summed E-state index contributed by atoms with van der Waals surface area (Å²) in [5, 5.41) is 3.08. The van der Waals surface area contributed by atoms with E-state index in [9.17, 15) is 0 Å². The highest BCUT2D eigenvalue weighted by Gasteiger charge is 1.85. The molecule has 0 heterocycles. The van der Waals surface area contributed by atoms with Crippen LogP contribution in [0.3, 0.4) is 0 Å². The van der Waals surface area contributed by atoms with Crippen molar-refractivity contribution < 1.29 is 0 Å². The average Bonchev–Trinajstić information content (AvgIpc) is 1.98. The van der Waals surface area contributed by atoms with Crippen molar-refractivity contribution in [2.24, 2.45) is 4.99 Å². The van der Waals surface area contributed by atoms with Gasteiger partial charge >= 0.3 is 0 Å². The van der Waals surface area contributed by atoms with Gasteiger partial charge in [0.25, 0.3) is 0 Å². The lowest BCUT2D eigenvalue weighted by Crippen LogP contribution is -2.16. The molecule has 0 fully saturated rings. The van der Waals surface area contributed by atoms with Gasteiger partial charge in [0.15, 0.2) is 0 Å². The number of nitrogens with zero attached hydrogens (tertiary/aromatic N) is 1. The van der Waals surface area contributed by atoms with Gasteiger partial charge in [0.1, 0.15) is 0 Å². The summed E-state index contributed by atoms with van der Waals surface area (Å²) in [6.45, 7) is 9.67. The Balaban J connectivity index is 3.32. The maximum atomic E-state index is 3.66. The van der Waals surface area contributed by atoms with Crippen molar-refractivity contribution in [3.8, 4) is 0 Å². The highest BCUT2D eigenvalue weighted by atomic mass is 14.9.